The second-order valence-electron chi connectivity index (χ2n) is 4.14. The normalized spacial score (nSPS) is 10.8. The van der Waals surface area contributed by atoms with Gasteiger partial charge in [-0.15, -0.1) is 0 Å². The average molecular weight is 288 g/mol. The zero-order chi connectivity index (χ0) is 12.1. The van der Waals surface area contributed by atoms with Crippen LogP contribution in [0.15, 0.2) is 16.6 Å². The van der Waals surface area contributed by atoms with Crippen molar-refractivity contribution in [1.82, 2.24) is 5.32 Å². The number of aromatic hydroxyl groups is 1. The first kappa shape index (κ1) is 13.3. The van der Waals surface area contributed by atoms with Gasteiger partial charge in [0.05, 0.1) is 11.6 Å². The SMILES string of the molecule is COc1cc(Br)c(O)c(CNCC(C)C)c1. The summed E-state index contributed by atoms with van der Waals surface area (Å²) in [6.07, 6.45) is 0. The maximum atomic E-state index is 9.84. The Morgan fingerprint density at radius 3 is 2.69 bits per heavy atom. The predicted molar refractivity (Wildman–Crippen MR) is 68.9 cm³/mol. The summed E-state index contributed by atoms with van der Waals surface area (Å²) < 4.78 is 5.81. The van der Waals surface area contributed by atoms with E-state index in [9.17, 15) is 5.11 Å². The fourth-order valence-electron chi connectivity index (χ4n) is 1.38. The predicted octanol–water partition coefficient (Wildman–Crippen LogP) is 2.91. The molecule has 16 heavy (non-hydrogen) atoms. The molecule has 3 nitrogen and oxygen atoms in total. The molecule has 0 aliphatic heterocycles. The molecule has 0 atom stereocenters. The van der Waals surface area contributed by atoms with Crippen LogP contribution in [-0.2, 0) is 6.54 Å². The Morgan fingerprint density at radius 2 is 2.12 bits per heavy atom. The molecule has 0 fully saturated rings. The number of phenols is 1. The van der Waals surface area contributed by atoms with E-state index in [-0.39, 0.29) is 5.75 Å². The lowest BCUT2D eigenvalue weighted by atomic mass is 10.1. The minimum absolute atomic E-state index is 0.275. The molecule has 1 aromatic carbocycles. The zero-order valence-electron chi connectivity index (χ0n) is 9.88. The van der Waals surface area contributed by atoms with Gasteiger partial charge in [-0.3, -0.25) is 0 Å². The van der Waals surface area contributed by atoms with Crippen LogP contribution in [0.5, 0.6) is 11.5 Å². The van der Waals surface area contributed by atoms with Gasteiger partial charge in [0.2, 0.25) is 0 Å². The van der Waals surface area contributed by atoms with E-state index < -0.39 is 0 Å². The molecule has 0 aliphatic rings. The Kier molecular flexibility index (Phi) is 5.09. The highest BCUT2D eigenvalue weighted by Crippen LogP contribution is 2.32. The highest BCUT2D eigenvalue weighted by atomic mass is 79.9. The van der Waals surface area contributed by atoms with Crippen LogP contribution in [0.3, 0.4) is 0 Å². The molecule has 1 aromatic rings. The molecular weight excluding hydrogens is 270 g/mol. The van der Waals surface area contributed by atoms with Gasteiger partial charge in [0.15, 0.2) is 0 Å². The molecule has 90 valence electrons. The molecule has 0 aromatic heterocycles. The third-order valence-electron chi connectivity index (χ3n) is 2.22. The lowest BCUT2D eigenvalue weighted by Gasteiger charge is -2.11. The molecule has 0 heterocycles. The zero-order valence-corrected chi connectivity index (χ0v) is 11.5. The monoisotopic (exact) mass is 287 g/mol. The van der Waals surface area contributed by atoms with E-state index >= 15 is 0 Å². The fourth-order valence-corrected chi connectivity index (χ4v) is 1.86. The lowest BCUT2D eigenvalue weighted by Crippen LogP contribution is -2.19. The van der Waals surface area contributed by atoms with Crippen LogP contribution >= 0.6 is 15.9 Å². The molecule has 0 saturated heterocycles. The van der Waals surface area contributed by atoms with Crippen LogP contribution < -0.4 is 10.1 Å². The van der Waals surface area contributed by atoms with Gasteiger partial charge in [-0.2, -0.15) is 0 Å². The minimum Gasteiger partial charge on any atom is -0.506 e. The molecule has 0 aliphatic carbocycles. The maximum Gasteiger partial charge on any atom is 0.134 e. The van der Waals surface area contributed by atoms with Crippen molar-refractivity contribution in [1.29, 1.82) is 0 Å². The van der Waals surface area contributed by atoms with E-state index in [1.54, 1.807) is 13.2 Å². The number of nitrogens with one attached hydrogen (secondary N) is 1. The number of ether oxygens (including phenoxy) is 1. The van der Waals surface area contributed by atoms with Crippen molar-refractivity contribution in [3.8, 4) is 11.5 Å². The van der Waals surface area contributed by atoms with Crippen LogP contribution in [0.2, 0.25) is 0 Å². The molecule has 0 amide bonds. The Morgan fingerprint density at radius 1 is 1.44 bits per heavy atom. The number of halogens is 1. The number of hydrogen-bond acceptors (Lipinski definition) is 3. The molecule has 2 N–H and O–H groups in total. The molecular formula is C12H18BrNO2. The van der Waals surface area contributed by atoms with Crippen LogP contribution in [-0.4, -0.2) is 18.8 Å². The Balaban J connectivity index is 2.74. The molecule has 0 saturated carbocycles. The average Bonchev–Trinajstić information content (AvgIpc) is 2.23. The van der Waals surface area contributed by atoms with Gasteiger partial charge in [-0.05, 0) is 40.5 Å². The number of hydrogen-bond donors (Lipinski definition) is 2. The first-order valence-corrected chi connectivity index (χ1v) is 6.10. The topological polar surface area (TPSA) is 41.5 Å². The fraction of sp³-hybridized carbons (Fsp3) is 0.500. The van der Waals surface area contributed by atoms with E-state index in [0.29, 0.717) is 16.9 Å². The third kappa shape index (κ3) is 3.68. The summed E-state index contributed by atoms with van der Waals surface area (Å²) in [4.78, 5) is 0. The van der Waals surface area contributed by atoms with Crippen molar-refractivity contribution < 1.29 is 9.84 Å². The minimum atomic E-state index is 0.275. The van der Waals surface area contributed by atoms with E-state index in [0.717, 1.165) is 17.9 Å². The van der Waals surface area contributed by atoms with Crippen LogP contribution in [0, 0.1) is 5.92 Å². The third-order valence-corrected chi connectivity index (χ3v) is 2.82. The van der Waals surface area contributed by atoms with E-state index in [4.69, 9.17) is 4.74 Å². The summed E-state index contributed by atoms with van der Waals surface area (Å²) in [5, 5.41) is 13.1. The molecule has 1 rings (SSSR count). The molecule has 4 heteroatoms. The largest absolute Gasteiger partial charge is 0.506 e. The van der Waals surface area contributed by atoms with Gasteiger partial charge in [0.25, 0.3) is 0 Å². The van der Waals surface area contributed by atoms with Crippen LogP contribution in [0.25, 0.3) is 0 Å². The van der Waals surface area contributed by atoms with Crippen molar-refractivity contribution in [2.75, 3.05) is 13.7 Å². The van der Waals surface area contributed by atoms with Gasteiger partial charge >= 0.3 is 0 Å². The summed E-state index contributed by atoms with van der Waals surface area (Å²) in [7, 11) is 1.62. The van der Waals surface area contributed by atoms with E-state index in [1.165, 1.54) is 0 Å². The van der Waals surface area contributed by atoms with Crippen molar-refractivity contribution in [3.05, 3.63) is 22.2 Å². The second-order valence-corrected chi connectivity index (χ2v) is 5.00. The van der Waals surface area contributed by atoms with Gasteiger partial charge in [-0.25, -0.2) is 0 Å². The summed E-state index contributed by atoms with van der Waals surface area (Å²) >= 11 is 3.30. The molecule has 0 unspecified atom stereocenters. The number of benzene rings is 1. The first-order chi connectivity index (χ1) is 7.54. The van der Waals surface area contributed by atoms with Gasteiger partial charge in [-0.1, -0.05) is 13.8 Å². The molecule has 0 radical (unpaired) electrons. The lowest BCUT2D eigenvalue weighted by molar-refractivity contribution is 0.408. The van der Waals surface area contributed by atoms with Crippen molar-refractivity contribution in [2.45, 2.75) is 20.4 Å². The van der Waals surface area contributed by atoms with Crippen LogP contribution in [0.1, 0.15) is 19.4 Å². The van der Waals surface area contributed by atoms with Gasteiger partial charge < -0.3 is 15.2 Å². The summed E-state index contributed by atoms with van der Waals surface area (Å²) in [5.74, 6) is 1.61. The quantitative estimate of drug-likeness (QED) is 0.875. The molecule has 0 bridgehead atoms. The summed E-state index contributed by atoms with van der Waals surface area (Å²) in [6.45, 7) is 5.86. The number of phenolic OH excluding ortho intramolecular Hbond substituents is 1. The smallest absolute Gasteiger partial charge is 0.134 e. The first-order valence-electron chi connectivity index (χ1n) is 5.30. The number of rotatable bonds is 5. The Bertz CT molecular complexity index is 353. The summed E-state index contributed by atoms with van der Waals surface area (Å²) in [5.41, 5.74) is 0.840. The second kappa shape index (κ2) is 6.11. The number of methoxy groups -OCH3 is 1. The standard InChI is InChI=1S/C12H18BrNO2/c1-8(2)6-14-7-9-4-10(16-3)5-11(13)12(9)15/h4-5,8,14-15H,6-7H2,1-3H3. The van der Waals surface area contributed by atoms with Gasteiger partial charge in [0, 0.05) is 12.1 Å². The highest BCUT2D eigenvalue weighted by molar-refractivity contribution is 9.10. The van der Waals surface area contributed by atoms with Crippen molar-refractivity contribution >= 4 is 15.9 Å². The van der Waals surface area contributed by atoms with E-state index in [1.807, 2.05) is 6.07 Å². The summed E-state index contributed by atoms with van der Waals surface area (Å²) in [6, 6.07) is 3.59. The van der Waals surface area contributed by atoms with Crippen molar-refractivity contribution in [2.24, 2.45) is 5.92 Å². The van der Waals surface area contributed by atoms with Gasteiger partial charge in [0.1, 0.15) is 11.5 Å². The molecule has 0 spiro atoms. The maximum absolute atomic E-state index is 9.84. The Labute approximate surface area is 105 Å². The van der Waals surface area contributed by atoms with E-state index in [2.05, 4.69) is 35.1 Å². The Hall–Kier alpha value is -0.740. The van der Waals surface area contributed by atoms with Crippen molar-refractivity contribution in [3.63, 3.8) is 0 Å². The highest BCUT2D eigenvalue weighted by Gasteiger charge is 2.08. The van der Waals surface area contributed by atoms with Crippen LogP contribution in [0.4, 0.5) is 0 Å².